The first-order chi connectivity index (χ1) is 9.26. The van der Waals surface area contributed by atoms with Crippen LogP contribution in [0, 0.1) is 0 Å². The van der Waals surface area contributed by atoms with Gasteiger partial charge in [-0.1, -0.05) is 35.0 Å². The van der Waals surface area contributed by atoms with Crippen molar-refractivity contribution in [2.45, 2.75) is 13.3 Å². The third kappa shape index (κ3) is 2.81. The first-order valence-corrected chi connectivity index (χ1v) is 8.55. The normalized spacial score (nSPS) is 10.8. The van der Waals surface area contributed by atoms with Gasteiger partial charge in [-0.25, -0.2) is 4.98 Å². The molecule has 0 spiro atoms. The van der Waals surface area contributed by atoms with E-state index < -0.39 is 0 Å². The molecule has 2 aromatic heterocycles. The molecule has 0 bridgehead atoms. The van der Waals surface area contributed by atoms with Gasteiger partial charge < -0.3 is 0 Å². The zero-order valence-corrected chi connectivity index (χ0v) is 13.6. The zero-order valence-electron chi connectivity index (χ0n) is 10.4. The molecule has 0 saturated carbocycles. The van der Waals surface area contributed by atoms with Gasteiger partial charge in [0.05, 0.1) is 10.6 Å². The minimum atomic E-state index is 1.08. The van der Waals surface area contributed by atoms with Gasteiger partial charge in [0.1, 0.15) is 5.01 Å². The molecule has 0 aliphatic heterocycles. The maximum Gasteiger partial charge on any atom is 0.124 e. The highest BCUT2D eigenvalue weighted by Gasteiger charge is 2.08. The highest BCUT2D eigenvalue weighted by Crippen LogP contribution is 2.33. The fraction of sp³-hybridized carbons (Fsp3) is 0.133. The van der Waals surface area contributed by atoms with Gasteiger partial charge in [0.2, 0.25) is 0 Å². The van der Waals surface area contributed by atoms with E-state index in [0.29, 0.717) is 0 Å². The molecular weight excluding hydrogens is 338 g/mol. The highest BCUT2D eigenvalue weighted by molar-refractivity contribution is 9.10. The van der Waals surface area contributed by atoms with Crippen molar-refractivity contribution in [1.82, 2.24) is 4.98 Å². The maximum atomic E-state index is 4.74. The largest absolute Gasteiger partial charge is 0.235 e. The van der Waals surface area contributed by atoms with Gasteiger partial charge in [0.15, 0.2) is 0 Å². The average molecular weight is 350 g/mol. The summed E-state index contributed by atoms with van der Waals surface area (Å²) in [6.45, 7) is 2.18. The Kier molecular flexibility index (Phi) is 3.82. The van der Waals surface area contributed by atoms with E-state index in [9.17, 15) is 0 Å². The number of nitrogens with zero attached hydrogens (tertiary/aromatic N) is 1. The molecule has 2 heterocycles. The van der Waals surface area contributed by atoms with Gasteiger partial charge in [-0.15, -0.1) is 22.7 Å². The van der Waals surface area contributed by atoms with Crippen molar-refractivity contribution in [3.63, 3.8) is 0 Å². The van der Waals surface area contributed by atoms with Crippen LogP contribution in [0.15, 0.2) is 46.3 Å². The molecule has 3 aromatic rings. The zero-order chi connectivity index (χ0) is 13.2. The van der Waals surface area contributed by atoms with Crippen molar-refractivity contribution in [2.24, 2.45) is 0 Å². The van der Waals surface area contributed by atoms with E-state index in [2.05, 4.69) is 64.6 Å². The van der Waals surface area contributed by atoms with Gasteiger partial charge in [-0.2, -0.15) is 0 Å². The Hall–Kier alpha value is -0.970. The molecule has 0 saturated heterocycles. The molecule has 0 unspecified atom stereocenters. The lowest BCUT2D eigenvalue weighted by Gasteiger charge is -1.95. The van der Waals surface area contributed by atoms with Crippen LogP contribution in [0.4, 0.5) is 0 Å². The fourth-order valence-corrected chi connectivity index (χ4v) is 3.89. The second kappa shape index (κ2) is 5.57. The Morgan fingerprint density at radius 2 is 1.89 bits per heavy atom. The summed E-state index contributed by atoms with van der Waals surface area (Å²) in [6, 6.07) is 12.7. The van der Waals surface area contributed by atoms with Crippen molar-refractivity contribution in [3.05, 3.63) is 51.1 Å². The van der Waals surface area contributed by atoms with Gasteiger partial charge in [0, 0.05) is 20.3 Å². The second-order valence-electron chi connectivity index (χ2n) is 4.16. The summed E-state index contributed by atoms with van der Waals surface area (Å²) in [5.74, 6) is 0. The van der Waals surface area contributed by atoms with Crippen LogP contribution in [0.3, 0.4) is 0 Å². The lowest BCUT2D eigenvalue weighted by atomic mass is 10.2. The van der Waals surface area contributed by atoms with E-state index >= 15 is 0 Å². The molecule has 0 amide bonds. The lowest BCUT2D eigenvalue weighted by Crippen LogP contribution is -1.76. The lowest BCUT2D eigenvalue weighted by molar-refractivity contribution is 1.19. The highest BCUT2D eigenvalue weighted by atomic mass is 79.9. The number of benzene rings is 1. The molecule has 0 N–H and O–H groups in total. The van der Waals surface area contributed by atoms with Crippen LogP contribution < -0.4 is 0 Å². The molecule has 19 heavy (non-hydrogen) atoms. The van der Waals surface area contributed by atoms with Crippen molar-refractivity contribution in [2.75, 3.05) is 0 Å². The second-order valence-corrected chi connectivity index (χ2v) is 7.11. The molecular formula is C15H12BrNS2. The molecule has 0 aliphatic carbocycles. The van der Waals surface area contributed by atoms with Crippen LogP contribution in [0.25, 0.3) is 21.1 Å². The first-order valence-electron chi connectivity index (χ1n) is 6.07. The third-order valence-corrected chi connectivity index (χ3v) is 5.53. The minimum absolute atomic E-state index is 1.08. The van der Waals surface area contributed by atoms with Crippen LogP contribution in [-0.4, -0.2) is 4.98 Å². The molecule has 4 heteroatoms. The van der Waals surface area contributed by atoms with Gasteiger partial charge >= 0.3 is 0 Å². The first kappa shape index (κ1) is 13.0. The van der Waals surface area contributed by atoms with Crippen LogP contribution >= 0.6 is 38.6 Å². The maximum absolute atomic E-state index is 4.74. The van der Waals surface area contributed by atoms with E-state index in [0.717, 1.165) is 21.6 Å². The van der Waals surface area contributed by atoms with Gasteiger partial charge in [-0.3, -0.25) is 0 Å². The number of thiazole rings is 1. The van der Waals surface area contributed by atoms with E-state index in [1.54, 1.807) is 11.3 Å². The number of aromatic nitrogens is 1. The quantitative estimate of drug-likeness (QED) is 0.576. The molecule has 0 fully saturated rings. The number of rotatable bonds is 3. The monoisotopic (exact) mass is 349 g/mol. The minimum Gasteiger partial charge on any atom is -0.235 e. The number of hydrogen-bond donors (Lipinski definition) is 0. The summed E-state index contributed by atoms with van der Waals surface area (Å²) >= 11 is 6.99. The summed E-state index contributed by atoms with van der Waals surface area (Å²) < 4.78 is 1.10. The number of hydrogen-bond acceptors (Lipinski definition) is 3. The van der Waals surface area contributed by atoms with E-state index in [1.807, 2.05) is 11.3 Å². The molecule has 0 aliphatic rings. The smallest absolute Gasteiger partial charge is 0.124 e. The Bertz CT molecular complexity index is 682. The van der Waals surface area contributed by atoms with E-state index in [-0.39, 0.29) is 0 Å². The van der Waals surface area contributed by atoms with Crippen LogP contribution in [0.5, 0.6) is 0 Å². The van der Waals surface area contributed by atoms with Crippen molar-refractivity contribution in [3.8, 4) is 21.1 Å². The average Bonchev–Trinajstić information content (AvgIpc) is 3.08. The Balaban J connectivity index is 1.92. The van der Waals surface area contributed by atoms with Crippen LogP contribution in [0.1, 0.15) is 11.8 Å². The third-order valence-electron chi connectivity index (χ3n) is 2.86. The van der Waals surface area contributed by atoms with Gasteiger partial charge in [0.25, 0.3) is 0 Å². The van der Waals surface area contributed by atoms with E-state index in [1.165, 1.54) is 15.3 Å². The van der Waals surface area contributed by atoms with Crippen LogP contribution in [-0.2, 0) is 6.42 Å². The van der Waals surface area contributed by atoms with Crippen molar-refractivity contribution < 1.29 is 0 Å². The van der Waals surface area contributed by atoms with Crippen molar-refractivity contribution >= 4 is 38.6 Å². The molecule has 3 rings (SSSR count). The Morgan fingerprint density at radius 1 is 1.11 bits per heavy atom. The number of halogens is 1. The standard InChI is InChI=1S/C15H12BrNS2/c1-2-12-7-8-14(19-12)13-9-18-15(17-13)10-3-5-11(16)6-4-10/h3-9H,2H2,1H3. The topological polar surface area (TPSA) is 12.9 Å². The molecule has 0 radical (unpaired) electrons. The summed E-state index contributed by atoms with van der Waals surface area (Å²) in [7, 11) is 0. The molecule has 96 valence electrons. The number of aryl methyl sites for hydroxylation is 1. The predicted octanol–water partition coefficient (Wildman–Crippen LogP) is 5.86. The van der Waals surface area contributed by atoms with Crippen molar-refractivity contribution in [1.29, 1.82) is 0 Å². The fourth-order valence-electron chi connectivity index (χ4n) is 1.82. The Labute approximate surface area is 129 Å². The molecule has 1 nitrogen and oxygen atoms in total. The van der Waals surface area contributed by atoms with Crippen LogP contribution in [0.2, 0.25) is 0 Å². The summed E-state index contributed by atoms with van der Waals surface area (Å²) in [4.78, 5) is 7.41. The molecule has 0 atom stereocenters. The summed E-state index contributed by atoms with van der Waals surface area (Å²) in [5.41, 5.74) is 2.26. The SMILES string of the molecule is CCc1ccc(-c2csc(-c3ccc(Br)cc3)n2)s1. The summed E-state index contributed by atoms with van der Waals surface area (Å²) in [6.07, 6.45) is 1.09. The summed E-state index contributed by atoms with van der Waals surface area (Å²) in [5, 5.41) is 3.22. The molecule has 1 aromatic carbocycles. The number of thiophene rings is 1. The Morgan fingerprint density at radius 3 is 2.58 bits per heavy atom. The van der Waals surface area contributed by atoms with E-state index in [4.69, 9.17) is 4.98 Å². The van der Waals surface area contributed by atoms with Gasteiger partial charge in [-0.05, 0) is 30.7 Å². The predicted molar refractivity (Wildman–Crippen MR) is 87.9 cm³/mol.